The summed E-state index contributed by atoms with van der Waals surface area (Å²) in [6.07, 6.45) is -1.11. The van der Waals surface area contributed by atoms with Crippen molar-refractivity contribution in [1.29, 1.82) is 0 Å². The van der Waals surface area contributed by atoms with Gasteiger partial charge >= 0.3 is 24.0 Å². The number of esters is 2. The summed E-state index contributed by atoms with van der Waals surface area (Å²) in [4.78, 5) is 105. The summed E-state index contributed by atoms with van der Waals surface area (Å²) in [7, 11) is 0. The summed E-state index contributed by atoms with van der Waals surface area (Å²) in [6.45, 7) is -1.46. The molecule has 3 aromatic rings. The standard InChI is InChI=1S/C34H30N4O10/c39-27-19-29(41)37(33(45)35(27)14-16-47-31(43)25-10-3-1-4-11-25)21-23-8-7-9-24(18-23)22-38-30(42)20-28(40)36(34(38)46)15-17-48-32(44)26-12-5-2-6-13-26/h1-13,18H,14-17,19-22H2. The molecular weight excluding hydrogens is 624 g/mol. The van der Waals surface area contributed by atoms with Crippen LogP contribution in [0.25, 0.3) is 0 Å². The molecular formula is C34H30N4O10. The van der Waals surface area contributed by atoms with Gasteiger partial charge in [0, 0.05) is 0 Å². The number of benzene rings is 3. The highest BCUT2D eigenvalue weighted by molar-refractivity contribution is 6.14. The third-order valence-corrected chi connectivity index (χ3v) is 7.52. The van der Waals surface area contributed by atoms with Crippen LogP contribution in [0.15, 0.2) is 84.9 Å². The number of hydrogen-bond donors (Lipinski definition) is 0. The highest BCUT2D eigenvalue weighted by Crippen LogP contribution is 2.20. The first-order valence-electron chi connectivity index (χ1n) is 14.9. The first-order valence-corrected chi connectivity index (χ1v) is 14.9. The Morgan fingerprint density at radius 2 is 0.875 bits per heavy atom. The maximum atomic E-state index is 13.2. The van der Waals surface area contributed by atoms with E-state index < -0.39 is 60.5 Å². The van der Waals surface area contributed by atoms with Gasteiger partial charge in [-0.05, 0) is 35.4 Å². The molecule has 2 aliphatic heterocycles. The maximum Gasteiger partial charge on any atom is 0.338 e. The summed E-state index contributed by atoms with van der Waals surface area (Å²) in [5.74, 6) is -4.11. The molecule has 0 saturated carbocycles. The molecule has 2 fully saturated rings. The Morgan fingerprint density at radius 3 is 1.27 bits per heavy atom. The van der Waals surface area contributed by atoms with Crippen molar-refractivity contribution in [1.82, 2.24) is 19.6 Å². The Morgan fingerprint density at radius 1 is 0.500 bits per heavy atom. The second-order valence-corrected chi connectivity index (χ2v) is 10.8. The highest BCUT2D eigenvalue weighted by atomic mass is 16.5. The molecule has 246 valence electrons. The minimum atomic E-state index is -0.874. The van der Waals surface area contributed by atoms with E-state index in [1.165, 1.54) is 0 Å². The van der Waals surface area contributed by atoms with E-state index in [1.807, 2.05) is 0 Å². The van der Waals surface area contributed by atoms with Crippen molar-refractivity contribution in [3.63, 3.8) is 0 Å². The molecule has 0 bridgehead atoms. The van der Waals surface area contributed by atoms with Crippen molar-refractivity contribution in [3.8, 4) is 0 Å². The lowest BCUT2D eigenvalue weighted by atomic mass is 10.1. The van der Waals surface area contributed by atoms with Crippen LogP contribution in [-0.2, 0) is 41.7 Å². The van der Waals surface area contributed by atoms with Crippen molar-refractivity contribution >= 4 is 47.6 Å². The first-order chi connectivity index (χ1) is 23.1. The van der Waals surface area contributed by atoms with Crippen molar-refractivity contribution in [2.75, 3.05) is 26.3 Å². The summed E-state index contributed by atoms with van der Waals surface area (Å²) in [5, 5.41) is 0. The van der Waals surface area contributed by atoms with Crippen LogP contribution in [0.1, 0.15) is 44.7 Å². The number of ether oxygens (including phenoxy) is 2. The fourth-order valence-electron chi connectivity index (χ4n) is 5.08. The Bertz CT molecular complexity index is 1640. The predicted molar refractivity (Wildman–Crippen MR) is 164 cm³/mol. The molecule has 0 aliphatic carbocycles. The number of amides is 8. The molecule has 3 aromatic carbocycles. The van der Waals surface area contributed by atoms with Crippen LogP contribution in [-0.4, -0.2) is 93.5 Å². The molecule has 0 radical (unpaired) electrons. The van der Waals surface area contributed by atoms with Gasteiger partial charge in [0.05, 0.1) is 37.3 Å². The van der Waals surface area contributed by atoms with Crippen LogP contribution in [0.5, 0.6) is 0 Å². The zero-order valence-corrected chi connectivity index (χ0v) is 25.6. The van der Waals surface area contributed by atoms with Gasteiger partial charge < -0.3 is 9.47 Å². The van der Waals surface area contributed by atoms with Gasteiger partial charge in [0.25, 0.3) is 0 Å². The second-order valence-electron chi connectivity index (χ2n) is 10.8. The second kappa shape index (κ2) is 14.9. The third-order valence-electron chi connectivity index (χ3n) is 7.52. The molecule has 0 unspecified atom stereocenters. The zero-order valence-electron chi connectivity index (χ0n) is 25.6. The van der Waals surface area contributed by atoms with E-state index in [-0.39, 0.29) is 39.4 Å². The van der Waals surface area contributed by atoms with E-state index in [2.05, 4.69) is 0 Å². The number of imide groups is 4. The number of nitrogens with zero attached hydrogens (tertiary/aromatic N) is 4. The quantitative estimate of drug-likeness (QED) is 0.209. The number of hydrogen-bond acceptors (Lipinski definition) is 10. The van der Waals surface area contributed by atoms with Gasteiger partial charge in [0.15, 0.2) is 0 Å². The van der Waals surface area contributed by atoms with Crippen molar-refractivity contribution in [2.45, 2.75) is 25.9 Å². The largest absolute Gasteiger partial charge is 0.460 e. The number of barbiturate groups is 2. The lowest BCUT2D eigenvalue weighted by Gasteiger charge is -2.33. The lowest BCUT2D eigenvalue weighted by molar-refractivity contribution is -0.144. The fraction of sp³-hybridized carbons (Fsp3) is 0.235. The molecule has 48 heavy (non-hydrogen) atoms. The van der Waals surface area contributed by atoms with E-state index in [0.717, 1.165) is 19.6 Å². The molecule has 5 rings (SSSR count). The zero-order chi connectivity index (χ0) is 34.2. The van der Waals surface area contributed by atoms with Gasteiger partial charge in [-0.15, -0.1) is 0 Å². The SMILES string of the molecule is O=C(OCCN1C(=O)CC(=O)N(Cc2cccc(CN3C(=O)CC(=O)N(CCOC(=O)c4ccccc4)C3=O)c2)C1=O)c1ccccc1. The predicted octanol–water partition coefficient (Wildman–Crippen LogP) is 2.76. The van der Waals surface area contributed by atoms with E-state index in [9.17, 15) is 38.4 Å². The number of urea groups is 2. The van der Waals surface area contributed by atoms with Crippen LogP contribution in [0.4, 0.5) is 9.59 Å². The van der Waals surface area contributed by atoms with Gasteiger partial charge in [0.1, 0.15) is 26.1 Å². The van der Waals surface area contributed by atoms with Crippen LogP contribution < -0.4 is 0 Å². The number of carbonyl (C=O) groups excluding carboxylic acids is 8. The Kier molecular flexibility index (Phi) is 10.3. The summed E-state index contributed by atoms with van der Waals surface area (Å²) >= 11 is 0. The van der Waals surface area contributed by atoms with E-state index in [4.69, 9.17) is 9.47 Å². The maximum absolute atomic E-state index is 13.2. The number of rotatable bonds is 12. The van der Waals surface area contributed by atoms with Crippen molar-refractivity contribution in [3.05, 3.63) is 107 Å². The Labute approximate surface area is 274 Å². The van der Waals surface area contributed by atoms with Gasteiger partial charge in [-0.2, -0.15) is 0 Å². The monoisotopic (exact) mass is 654 g/mol. The van der Waals surface area contributed by atoms with Crippen molar-refractivity contribution < 1.29 is 47.8 Å². The average Bonchev–Trinajstić information content (AvgIpc) is 3.08. The van der Waals surface area contributed by atoms with Gasteiger partial charge in [-0.3, -0.25) is 38.8 Å². The fourth-order valence-corrected chi connectivity index (χ4v) is 5.08. The molecule has 14 nitrogen and oxygen atoms in total. The molecule has 14 heteroatoms. The van der Waals surface area contributed by atoms with E-state index in [1.54, 1.807) is 84.9 Å². The minimum absolute atomic E-state index is 0.210. The average molecular weight is 655 g/mol. The summed E-state index contributed by atoms with van der Waals surface area (Å²) in [6, 6.07) is 21.1. The summed E-state index contributed by atoms with van der Waals surface area (Å²) in [5.41, 5.74) is 1.55. The van der Waals surface area contributed by atoms with Crippen LogP contribution in [0, 0.1) is 0 Å². The smallest absolute Gasteiger partial charge is 0.338 e. The molecule has 0 atom stereocenters. The van der Waals surface area contributed by atoms with Crippen LogP contribution >= 0.6 is 0 Å². The normalized spacial score (nSPS) is 15.2. The van der Waals surface area contributed by atoms with Crippen LogP contribution in [0.2, 0.25) is 0 Å². The molecule has 2 saturated heterocycles. The molecule has 0 N–H and O–H groups in total. The molecule has 0 spiro atoms. The van der Waals surface area contributed by atoms with E-state index in [0.29, 0.717) is 22.3 Å². The lowest BCUT2D eigenvalue weighted by Crippen LogP contribution is -2.55. The Balaban J connectivity index is 1.18. The molecule has 0 aromatic heterocycles. The first kappa shape index (κ1) is 33.2. The summed E-state index contributed by atoms with van der Waals surface area (Å²) < 4.78 is 10.4. The minimum Gasteiger partial charge on any atom is -0.460 e. The van der Waals surface area contributed by atoms with Gasteiger partial charge in [-0.25, -0.2) is 19.2 Å². The Hall–Kier alpha value is -6.18. The van der Waals surface area contributed by atoms with Gasteiger partial charge in [0.2, 0.25) is 23.6 Å². The topological polar surface area (TPSA) is 168 Å². The third kappa shape index (κ3) is 7.78. The van der Waals surface area contributed by atoms with Crippen LogP contribution in [0.3, 0.4) is 0 Å². The highest BCUT2D eigenvalue weighted by Gasteiger charge is 2.39. The van der Waals surface area contributed by atoms with Crippen molar-refractivity contribution in [2.24, 2.45) is 0 Å². The number of carbonyl (C=O) groups is 8. The van der Waals surface area contributed by atoms with Gasteiger partial charge in [-0.1, -0.05) is 60.7 Å². The molecule has 8 amide bonds. The van der Waals surface area contributed by atoms with E-state index >= 15 is 0 Å². The molecule has 2 heterocycles. The molecule has 2 aliphatic rings.